The Morgan fingerprint density at radius 2 is 1.94 bits per heavy atom. The van der Waals surface area contributed by atoms with Gasteiger partial charge < -0.3 is 10.4 Å². The number of hydrogen-bond acceptors (Lipinski definition) is 4. The number of anilines is 1. The molecule has 90 valence electrons. The van der Waals surface area contributed by atoms with Gasteiger partial charge in [0.05, 0.1) is 12.6 Å². The van der Waals surface area contributed by atoms with Gasteiger partial charge in [-0.15, -0.1) is 0 Å². The number of aliphatic hydroxyl groups is 1. The summed E-state index contributed by atoms with van der Waals surface area (Å²) in [6.45, 7) is 8.44. The van der Waals surface area contributed by atoms with E-state index < -0.39 is 0 Å². The first kappa shape index (κ1) is 12.9. The molecule has 1 unspecified atom stereocenters. The summed E-state index contributed by atoms with van der Waals surface area (Å²) in [6, 6.07) is 1.98. The molecule has 1 rings (SSSR count). The van der Waals surface area contributed by atoms with E-state index in [4.69, 9.17) is 0 Å². The van der Waals surface area contributed by atoms with Crippen molar-refractivity contribution in [3.63, 3.8) is 0 Å². The van der Waals surface area contributed by atoms with Gasteiger partial charge in [-0.2, -0.15) is 0 Å². The fraction of sp³-hybridized carbons (Fsp3) is 0.667. The van der Waals surface area contributed by atoms with E-state index in [1.54, 1.807) is 6.33 Å². The van der Waals surface area contributed by atoms with Crippen LogP contribution in [0, 0.1) is 5.92 Å². The molecule has 0 aliphatic rings. The fourth-order valence-corrected chi connectivity index (χ4v) is 1.38. The standard InChI is InChI=1S/C12H21N3O/c1-8(2)10-5-12(14-7-13-10)15-11(6-16)9(3)4/h5,7-9,11,16H,6H2,1-4H3,(H,13,14,15). The van der Waals surface area contributed by atoms with E-state index >= 15 is 0 Å². The molecule has 0 saturated heterocycles. The highest BCUT2D eigenvalue weighted by Gasteiger charge is 2.12. The van der Waals surface area contributed by atoms with Crippen molar-refractivity contribution in [2.45, 2.75) is 39.7 Å². The summed E-state index contributed by atoms with van der Waals surface area (Å²) in [5.41, 5.74) is 1.01. The smallest absolute Gasteiger partial charge is 0.129 e. The molecule has 0 saturated carbocycles. The molecular formula is C12H21N3O. The highest BCUT2D eigenvalue weighted by Crippen LogP contribution is 2.15. The van der Waals surface area contributed by atoms with E-state index in [0.29, 0.717) is 11.8 Å². The van der Waals surface area contributed by atoms with Crippen LogP contribution in [0.5, 0.6) is 0 Å². The van der Waals surface area contributed by atoms with Gasteiger partial charge in [-0.05, 0) is 11.8 Å². The Kier molecular flexibility index (Phi) is 4.68. The van der Waals surface area contributed by atoms with E-state index in [9.17, 15) is 5.11 Å². The lowest BCUT2D eigenvalue weighted by Gasteiger charge is -2.20. The zero-order valence-corrected chi connectivity index (χ0v) is 10.4. The molecule has 1 aromatic heterocycles. The SMILES string of the molecule is CC(C)c1cc(NC(CO)C(C)C)ncn1. The van der Waals surface area contributed by atoms with Crippen molar-refractivity contribution in [3.8, 4) is 0 Å². The van der Waals surface area contributed by atoms with Crippen LogP contribution in [0.3, 0.4) is 0 Å². The predicted octanol–water partition coefficient (Wildman–Crippen LogP) is 2.03. The summed E-state index contributed by atoms with van der Waals surface area (Å²) < 4.78 is 0. The van der Waals surface area contributed by atoms with E-state index in [2.05, 4.69) is 43.0 Å². The Morgan fingerprint density at radius 1 is 1.25 bits per heavy atom. The predicted molar refractivity (Wildman–Crippen MR) is 65.5 cm³/mol. The molecule has 4 nitrogen and oxygen atoms in total. The Morgan fingerprint density at radius 3 is 2.44 bits per heavy atom. The lowest BCUT2D eigenvalue weighted by atomic mass is 10.1. The quantitative estimate of drug-likeness (QED) is 0.802. The molecule has 1 atom stereocenters. The lowest BCUT2D eigenvalue weighted by Crippen LogP contribution is -2.29. The number of rotatable bonds is 5. The Balaban J connectivity index is 2.76. The largest absolute Gasteiger partial charge is 0.394 e. The molecule has 0 radical (unpaired) electrons. The number of aromatic nitrogens is 2. The summed E-state index contributed by atoms with van der Waals surface area (Å²) in [5.74, 6) is 1.53. The molecule has 0 fully saturated rings. The Bertz CT molecular complexity index is 326. The minimum atomic E-state index is 0.0370. The van der Waals surface area contributed by atoms with E-state index in [1.165, 1.54) is 0 Å². The second-order valence-electron chi connectivity index (χ2n) is 4.66. The average molecular weight is 223 g/mol. The molecule has 4 heteroatoms. The van der Waals surface area contributed by atoms with Crippen LogP contribution < -0.4 is 5.32 Å². The molecule has 0 aliphatic carbocycles. The maximum Gasteiger partial charge on any atom is 0.129 e. The van der Waals surface area contributed by atoms with Crippen LogP contribution >= 0.6 is 0 Å². The van der Waals surface area contributed by atoms with Crippen LogP contribution in [-0.2, 0) is 0 Å². The van der Waals surface area contributed by atoms with Gasteiger partial charge in [0.1, 0.15) is 12.1 Å². The summed E-state index contributed by atoms with van der Waals surface area (Å²) in [6.07, 6.45) is 1.56. The van der Waals surface area contributed by atoms with Crippen molar-refractivity contribution in [1.82, 2.24) is 9.97 Å². The van der Waals surface area contributed by atoms with Crippen LogP contribution in [0.4, 0.5) is 5.82 Å². The van der Waals surface area contributed by atoms with Crippen molar-refractivity contribution >= 4 is 5.82 Å². The minimum absolute atomic E-state index is 0.0370. The maximum absolute atomic E-state index is 9.23. The van der Waals surface area contributed by atoms with Gasteiger partial charge in [0.25, 0.3) is 0 Å². The van der Waals surface area contributed by atoms with Gasteiger partial charge in [0.2, 0.25) is 0 Å². The van der Waals surface area contributed by atoms with Crippen molar-refractivity contribution < 1.29 is 5.11 Å². The van der Waals surface area contributed by atoms with Gasteiger partial charge in [0, 0.05) is 11.8 Å². The average Bonchev–Trinajstić information content (AvgIpc) is 2.25. The summed E-state index contributed by atoms with van der Waals surface area (Å²) >= 11 is 0. The first-order chi connectivity index (χ1) is 7.54. The third-order valence-electron chi connectivity index (χ3n) is 2.61. The van der Waals surface area contributed by atoms with Crippen molar-refractivity contribution in [2.75, 3.05) is 11.9 Å². The molecule has 1 aromatic rings. The van der Waals surface area contributed by atoms with Crippen LogP contribution in [0.15, 0.2) is 12.4 Å². The first-order valence-electron chi connectivity index (χ1n) is 5.74. The first-order valence-corrected chi connectivity index (χ1v) is 5.74. The highest BCUT2D eigenvalue weighted by molar-refractivity contribution is 5.36. The normalized spacial score (nSPS) is 13.2. The number of aliphatic hydroxyl groups excluding tert-OH is 1. The van der Waals surface area contributed by atoms with Gasteiger partial charge in [-0.1, -0.05) is 27.7 Å². The topological polar surface area (TPSA) is 58.0 Å². The van der Waals surface area contributed by atoms with Crippen molar-refractivity contribution in [2.24, 2.45) is 5.92 Å². The fourth-order valence-electron chi connectivity index (χ4n) is 1.38. The summed E-state index contributed by atoms with van der Waals surface area (Å²) in [4.78, 5) is 8.36. The molecule has 0 amide bonds. The summed E-state index contributed by atoms with van der Waals surface area (Å²) in [5, 5.41) is 12.5. The molecule has 0 bridgehead atoms. The number of hydrogen-bond donors (Lipinski definition) is 2. The van der Waals surface area contributed by atoms with E-state index in [-0.39, 0.29) is 12.6 Å². The second kappa shape index (κ2) is 5.80. The molecule has 1 heterocycles. The lowest BCUT2D eigenvalue weighted by molar-refractivity contribution is 0.249. The van der Waals surface area contributed by atoms with Crippen molar-refractivity contribution in [3.05, 3.63) is 18.1 Å². The van der Waals surface area contributed by atoms with Crippen LogP contribution in [0.2, 0.25) is 0 Å². The monoisotopic (exact) mass is 223 g/mol. The Hall–Kier alpha value is -1.16. The van der Waals surface area contributed by atoms with Crippen LogP contribution in [-0.4, -0.2) is 27.7 Å². The van der Waals surface area contributed by atoms with Crippen LogP contribution in [0.1, 0.15) is 39.3 Å². The summed E-state index contributed by atoms with van der Waals surface area (Å²) in [7, 11) is 0. The molecule has 16 heavy (non-hydrogen) atoms. The zero-order valence-electron chi connectivity index (χ0n) is 10.4. The molecule has 0 aliphatic heterocycles. The van der Waals surface area contributed by atoms with E-state index in [0.717, 1.165) is 11.5 Å². The van der Waals surface area contributed by atoms with Gasteiger partial charge >= 0.3 is 0 Å². The highest BCUT2D eigenvalue weighted by atomic mass is 16.3. The number of nitrogens with zero attached hydrogens (tertiary/aromatic N) is 2. The molecule has 0 spiro atoms. The zero-order chi connectivity index (χ0) is 12.1. The Labute approximate surface area is 97.1 Å². The van der Waals surface area contributed by atoms with Crippen molar-refractivity contribution in [1.29, 1.82) is 0 Å². The van der Waals surface area contributed by atoms with Gasteiger partial charge in [-0.25, -0.2) is 9.97 Å². The maximum atomic E-state index is 9.23. The second-order valence-corrected chi connectivity index (χ2v) is 4.66. The van der Waals surface area contributed by atoms with Gasteiger partial charge in [0.15, 0.2) is 0 Å². The molecular weight excluding hydrogens is 202 g/mol. The number of nitrogens with one attached hydrogen (secondary N) is 1. The van der Waals surface area contributed by atoms with Crippen LogP contribution in [0.25, 0.3) is 0 Å². The van der Waals surface area contributed by atoms with E-state index in [1.807, 2.05) is 6.07 Å². The molecule has 0 aromatic carbocycles. The minimum Gasteiger partial charge on any atom is -0.394 e. The molecule has 2 N–H and O–H groups in total. The third kappa shape index (κ3) is 3.45. The van der Waals surface area contributed by atoms with Gasteiger partial charge in [-0.3, -0.25) is 0 Å². The third-order valence-corrected chi connectivity index (χ3v) is 2.61.